The molecule has 0 radical (unpaired) electrons. The molecule has 0 spiro atoms. The summed E-state index contributed by atoms with van der Waals surface area (Å²) in [5.74, 6) is -0.0788. The minimum absolute atomic E-state index is 0.0506. The number of fused-ring (bicyclic) bond motifs is 1. The molecule has 0 fully saturated rings. The van der Waals surface area contributed by atoms with Gasteiger partial charge in [0.25, 0.3) is 0 Å². The molecule has 18 heavy (non-hydrogen) atoms. The molecule has 2 N–H and O–H groups in total. The molecule has 1 aliphatic carbocycles. The van der Waals surface area contributed by atoms with Gasteiger partial charge in [0, 0.05) is 0 Å². The van der Waals surface area contributed by atoms with E-state index in [4.69, 9.17) is 0 Å². The second kappa shape index (κ2) is 5.37. The molecule has 100 valence electrons. The summed E-state index contributed by atoms with van der Waals surface area (Å²) >= 11 is 0. The summed E-state index contributed by atoms with van der Waals surface area (Å²) in [4.78, 5) is 0. The van der Waals surface area contributed by atoms with Crippen LogP contribution in [0.25, 0.3) is 0 Å². The Bertz CT molecular complexity index is 417. The topological polar surface area (TPSA) is 40.5 Å². The van der Waals surface area contributed by atoms with Crippen LogP contribution < -0.4 is 0 Å². The maximum atomic E-state index is 13.1. The van der Waals surface area contributed by atoms with Crippen molar-refractivity contribution >= 4 is 0 Å². The van der Waals surface area contributed by atoms with Crippen LogP contribution in [0.4, 0.5) is 4.39 Å². The van der Waals surface area contributed by atoms with Crippen molar-refractivity contribution in [3.8, 4) is 0 Å². The molecule has 0 saturated carbocycles. The Balaban J connectivity index is 2.10. The monoisotopic (exact) mass is 252 g/mol. The number of aliphatic hydroxyl groups excluding tert-OH is 2. The second-order valence-electron chi connectivity index (χ2n) is 5.64. The van der Waals surface area contributed by atoms with Crippen molar-refractivity contribution in [2.75, 3.05) is 0 Å². The quantitative estimate of drug-likeness (QED) is 0.866. The van der Waals surface area contributed by atoms with Crippen molar-refractivity contribution in [3.63, 3.8) is 0 Å². The van der Waals surface area contributed by atoms with Gasteiger partial charge in [0.05, 0.1) is 12.2 Å². The predicted octanol–water partition coefficient (Wildman–Crippen LogP) is 2.31. The highest BCUT2D eigenvalue weighted by molar-refractivity contribution is 5.30. The van der Waals surface area contributed by atoms with Crippen molar-refractivity contribution in [3.05, 3.63) is 35.1 Å². The van der Waals surface area contributed by atoms with Crippen LogP contribution in [-0.4, -0.2) is 22.4 Å². The molecule has 2 rings (SSSR count). The first kappa shape index (κ1) is 13.5. The summed E-state index contributed by atoms with van der Waals surface area (Å²) < 4.78 is 13.1. The molecule has 0 aromatic heterocycles. The van der Waals surface area contributed by atoms with E-state index in [9.17, 15) is 14.6 Å². The van der Waals surface area contributed by atoms with Crippen molar-refractivity contribution < 1.29 is 14.6 Å². The van der Waals surface area contributed by atoms with Gasteiger partial charge in [-0.25, -0.2) is 4.39 Å². The molecule has 0 amide bonds. The highest BCUT2D eigenvalue weighted by atomic mass is 19.1. The first-order chi connectivity index (χ1) is 8.49. The maximum Gasteiger partial charge on any atom is 0.123 e. The Kier molecular flexibility index (Phi) is 4.03. The van der Waals surface area contributed by atoms with E-state index < -0.39 is 12.2 Å². The van der Waals surface area contributed by atoms with Crippen molar-refractivity contribution in [1.82, 2.24) is 0 Å². The summed E-state index contributed by atoms with van der Waals surface area (Å²) in [5.41, 5.74) is 2.14. The lowest BCUT2D eigenvalue weighted by molar-refractivity contribution is -0.0431. The number of halogens is 1. The molecule has 1 aromatic rings. The van der Waals surface area contributed by atoms with Gasteiger partial charge in [-0.1, -0.05) is 19.9 Å². The van der Waals surface area contributed by atoms with Gasteiger partial charge >= 0.3 is 0 Å². The maximum absolute atomic E-state index is 13.1. The number of aliphatic hydroxyl groups is 2. The average Bonchev–Trinajstić information content (AvgIpc) is 2.36. The Morgan fingerprint density at radius 2 is 1.94 bits per heavy atom. The van der Waals surface area contributed by atoms with Crippen LogP contribution >= 0.6 is 0 Å². The second-order valence-corrected chi connectivity index (χ2v) is 5.64. The van der Waals surface area contributed by atoms with Gasteiger partial charge in [-0.2, -0.15) is 0 Å². The first-order valence-corrected chi connectivity index (χ1v) is 6.62. The van der Waals surface area contributed by atoms with Crippen LogP contribution in [0.15, 0.2) is 18.2 Å². The fourth-order valence-corrected chi connectivity index (χ4v) is 2.72. The third-order valence-corrected chi connectivity index (χ3v) is 3.95. The van der Waals surface area contributed by atoms with E-state index in [2.05, 4.69) is 0 Å². The highest BCUT2D eigenvalue weighted by Gasteiger charge is 2.31. The first-order valence-electron chi connectivity index (χ1n) is 6.62. The van der Waals surface area contributed by atoms with Crippen molar-refractivity contribution in [2.45, 2.75) is 45.3 Å². The molecule has 2 nitrogen and oxygen atoms in total. The number of aryl methyl sites for hydroxylation is 1. The molecule has 0 bridgehead atoms. The van der Waals surface area contributed by atoms with E-state index in [0.717, 1.165) is 30.4 Å². The molecule has 3 atom stereocenters. The normalized spacial score (nSPS) is 22.7. The number of rotatable bonds is 3. The van der Waals surface area contributed by atoms with Gasteiger partial charge in [0.15, 0.2) is 0 Å². The smallest absolute Gasteiger partial charge is 0.123 e. The lowest BCUT2D eigenvalue weighted by atomic mass is 9.78. The van der Waals surface area contributed by atoms with Gasteiger partial charge in [-0.15, -0.1) is 0 Å². The van der Waals surface area contributed by atoms with Crippen molar-refractivity contribution in [1.29, 1.82) is 0 Å². The zero-order valence-corrected chi connectivity index (χ0v) is 10.9. The third-order valence-electron chi connectivity index (χ3n) is 3.95. The molecule has 3 unspecified atom stereocenters. The van der Waals surface area contributed by atoms with E-state index in [1.54, 1.807) is 12.1 Å². The fraction of sp³-hybridized carbons (Fsp3) is 0.600. The predicted molar refractivity (Wildman–Crippen MR) is 68.8 cm³/mol. The van der Waals surface area contributed by atoms with Gasteiger partial charge < -0.3 is 10.2 Å². The SMILES string of the molecule is CC(C)C(O)C(O)C1CCc2cc(F)ccc2C1. The average molecular weight is 252 g/mol. The fourth-order valence-electron chi connectivity index (χ4n) is 2.72. The Labute approximate surface area is 107 Å². The Morgan fingerprint density at radius 3 is 2.61 bits per heavy atom. The summed E-state index contributed by atoms with van der Waals surface area (Å²) in [6.45, 7) is 3.81. The van der Waals surface area contributed by atoms with Crippen LogP contribution in [0.1, 0.15) is 31.4 Å². The largest absolute Gasteiger partial charge is 0.390 e. The Morgan fingerprint density at radius 1 is 1.22 bits per heavy atom. The van der Waals surface area contributed by atoms with Gasteiger partial charge in [-0.3, -0.25) is 0 Å². The molecule has 0 heterocycles. The lowest BCUT2D eigenvalue weighted by Crippen LogP contribution is -2.39. The molecular formula is C15H21FO2. The summed E-state index contributed by atoms with van der Waals surface area (Å²) in [6, 6.07) is 4.84. The molecule has 1 aromatic carbocycles. The molecule has 0 saturated heterocycles. The zero-order chi connectivity index (χ0) is 13.3. The summed E-state index contributed by atoms with van der Waals surface area (Å²) in [5, 5.41) is 20.1. The molecular weight excluding hydrogens is 231 g/mol. The Hall–Kier alpha value is -0.930. The van der Waals surface area contributed by atoms with Crippen molar-refractivity contribution in [2.24, 2.45) is 11.8 Å². The number of hydrogen-bond donors (Lipinski definition) is 2. The van der Waals surface area contributed by atoms with E-state index in [1.165, 1.54) is 6.07 Å². The minimum Gasteiger partial charge on any atom is -0.390 e. The summed E-state index contributed by atoms with van der Waals surface area (Å²) in [6.07, 6.45) is 0.932. The van der Waals surface area contributed by atoms with Crippen LogP contribution in [0.2, 0.25) is 0 Å². The minimum atomic E-state index is -0.691. The van der Waals surface area contributed by atoms with Crippen LogP contribution in [0.5, 0.6) is 0 Å². The highest BCUT2D eigenvalue weighted by Crippen LogP contribution is 2.30. The van der Waals surface area contributed by atoms with Gasteiger partial charge in [0.1, 0.15) is 5.82 Å². The molecule has 1 aliphatic rings. The number of hydrogen-bond acceptors (Lipinski definition) is 2. The van der Waals surface area contributed by atoms with Crippen LogP contribution in [0, 0.1) is 17.7 Å². The molecule has 0 aliphatic heterocycles. The van der Waals surface area contributed by atoms with E-state index in [0.29, 0.717) is 0 Å². The van der Waals surface area contributed by atoms with E-state index >= 15 is 0 Å². The van der Waals surface area contributed by atoms with Gasteiger partial charge in [0.2, 0.25) is 0 Å². The third kappa shape index (κ3) is 2.73. The van der Waals surface area contributed by atoms with E-state index in [1.807, 2.05) is 13.8 Å². The lowest BCUT2D eigenvalue weighted by Gasteiger charge is -2.32. The van der Waals surface area contributed by atoms with Gasteiger partial charge in [-0.05, 0) is 54.4 Å². The van der Waals surface area contributed by atoms with E-state index in [-0.39, 0.29) is 17.7 Å². The number of benzene rings is 1. The molecule has 3 heteroatoms. The summed E-state index contributed by atoms with van der Waals surface area (Å²) in [7, 11) is 0. The van der Waals surface area contributed by atoms with Crippen LogP contribution in [-0.2, 0) is 12.8 Å². The zero-order valence-electron chi connectivity index (χ0n) is 10.9. The standard InChI is InChI=1S/C15H21FO2/c1-9(2)14(17)15(18)12-4-3-11-8-13(16)6-5-10(11)7-12/h5-6,8-9,12,14-15,17-18H,3-4,7H2,1-2H3. The van der Waals surface area contributed by atoms with Crippen LogP contribution in [0.3, 0.4) is 0 Å².